The van der Waals surface area contributed by atoms with E-state index in [4.69, 9.17) is 0 Å². The van der Waals surface area contributed by atoms with Crippen LogP contribution >= 0.6 is 0 Å². The monoisotopic (exact) mass is 204 g/mol. The number of nitrogens with one attached hydrogen (secondary N) is 1. The summed E-state index contributed by atoms with van der Waals surface area (Å²) in [4.78, 5) is 2.34. The summed E-state index contributed by atoms with van der Waals surface area (Å²) in [6, 6.07) is 7.27. The molecule has 1 atom stereocenters. The second kappa shape index (κ2) is 3.76. The fraction of sp³-hybridized carbons (Fsp3) is 0.538. The third kappa shape index (κ3) is 1.94. The number of rotatable bonds is 1. The zero-order chi connectivity index (χ0) is 11.0. The Hall–Kier alpha value is -1.18. The molecule has 1 aromatic carbocycles. The van der Waals surface area contributed by atoms with Gasteiger partial charge in [0.15, 0.2) is 0 Å². The fourth-order valence-electron chi connectivity index (χ4n) is 2.17. The molecule has 0 aliphatic carbocycles. The minimum Gasteiger partial charge on any atom is -0.379 e. The van der Waals surface area contributed by atoms with Crippen molar-refractivity contribution in [2.75, 3.05) is 23.8 Å². The predicted molar refractivity (Wildman–Crippen MR) is 66.9 cm³/mol. The third-order valence-electron chi connectivity index (χ3n) is 3.05. The van der Waals surface area contributed by atoms with Gasteiger partial charge in [-0.25, -0.2) is 0 Å². The van der Waals surface area contributed by atoms with Crippen molar-refractivity contribution in [2.24, 2.45) is 0 Å². The summed E-state index contributed by atoms with van der Waals surface area (Å²) < 4.78 is 0. The summed E-state index contributed by atoms with van der Waals surface area (Å²) in [6.07, 6.45) is 0. The minimum atomic E-state index is 0.535. The molecule has 0 bridgehead atoms. The van der Waals surface area contributed by atoms with Gasteiger partial charge in [-0.2, -0.15) is 0 Å². The Kier molecular flexibility index (Phi) is 2.59. The van der Waals surface area contributed by atoms with Crippen molar-refractivity contribution in [3.05, 3.63) is 23.8 Å². The average Bonchev–Trinajstić information content (AvgIpc) is 2.16. The molecule has 1 aliphatic rings. The molecule has 1 aromatic rings. The molecule has 0 saturated carbocycles. The van der Waals surface area contributed by atoms with Gasteiger partial charge < -0.3 is 10.2 Å². The fourth-order valence-corrected chi connectivity index (χ4v) is 2.17. The van der Waals surface area contributed by atoms with Crippen LogP contribution in [0.25, 0.3) is 0 Å². The molecule has 0 saturated heterocycles. The average molecular weight is 204 g/mol. The number of nitrogens with zero attached hydrogens (tertiary/aromatic N) is 1. The van der Waals surface area contributed by atoms with Crippen LogP contribution in [-0.4, -0.2) is 19.6 Å². The lowest BCUT2D eigenvalue weighted by molar-refractivity contribution is 0.735. The molecule has 82 valence electrons. The normalized spacial score (nSPS) is 20.1. The molecule has 0 amide bonds. The van der Waals surface area contributed by atoms with Crippen molar-refractivity contribution < 1.29 is 0 Å². The van der Waals surface area contributed by atoms with E-state index in [0.29, 0.717) is 12.0 Å². The van der Waals surface area contributed by atoms with Gasteiger partial charge in [-0.15, -0.1) is 0 Å². The van der Waals surface area contributed by atoms with Gasteiger partial charge in [-0.1, -0.05) is 19.9 Å². The molecule has 0 radical (unpaired) electrons. The molecule has 0 fully saturated rings. The van der Waals surface area contributed by atoms with Gasteiger partial charge >= 0.3 is 0 Å². The second-order valence-electron chi connectivity index (χ2n) is 4.86. The lowest BCUT2D eigenvalue weighted by Crippen LogP contribution is -2.37. The van der Waals surface area contributed by atoms with Crippen molar-refractivity contribution in [2.45, 2.75) is 32.7 Å². The van der Waals surface area contributed by atoms with Crippen LogP contribution in [-0.2, 0) is 0 Å². The molecule has 15 heavy (non-hydrogen) atoms. The highest BCUT2D eigenvalue weighted by atomic mass is 15.2. The smallest absolute Gasteiger partial charge is 0.0603 e. The number of hydrogen-bond acceptors (Lipinski definition) is 2. The molecule has 0 aromatic heterocycles. The van der Waals surface area contributed by atoms with Crippen molar-refractivity contribution in [3.63, 3.8) is 0 Å². The van der Waals surface area contributed by atoms with E-state index < -0.39 is 0 Å². The standard InChI is InChI=1S/C13H20N2/c1-9(2)11-5-6-12-13(7-11)15(4)8-10(3)14-12/h5-7,9-10,14H,8H2,1-4H3. The first-order valence-electron chi connectivity index (χ1n) is 5.69. The summed E-state index contributed by atoms with van der Waals surface area (Å²) in [5.41, 5.74) is 4.01. The van der Waals surface area contributed by atoms with E-state index in [2.05, 4.69) is 56.2 Å². The minimum absolute atomic E-state index is 0.535. The van der Waals surface area contributed by atoms with Crippen LogP contribution in [0.2, 0.25) is 0 Å². The third-order valence-corrected chi connectivity index (χ3v) is 3.05. The molecule has 1 unspecified atom stereocenters. The summed E-state index contributed by atoms with van der Waals surface area (Å²) in [7, 11) is 2.17. The highest BCUT2D eigenvalue weighted by Crippen LogP contribution is 2.32. The highest BCUT2D eigenvalue weighted by molar-refractivity contribution is 5.73. The first kappa shape index (κ1) is 10.3. The summed E-state index contributed by atoms with van der Waals surface area (Å²) in [5, 5.41) is 3.51. The van der Waals surface area contributed by atoms with Crippen LogP contribution in [0.1, 0.15) is 32.3 Å². The lowest BCUT2D eigenvalue weighted by Gasteiger charge is -2.33. The van der Waals surface area contributed by atoms with E-state index in [-0.39, 0.29) is 0 Å². The van der Waals surface area contributed by atoms with Gasteiger partial charge in [-0.05, 0) is 30.5 Å². The van der Waals surface area contributed by atoms with Crippen molar-refractivity contribution in [3.8, 4) is 0 Å². The maximum Gasteiger partial charge on any atom is 0.0603 e. The van der Waals surface area contributed by atoms with Gasteiger partial charge in [0.05, 0.1) is 11.4 Å². The lowest BCUT2D eigenvalue weighted by atomic mass is 10.0. The zero-order valence-electron chi connectivity index (χ0n) is 10.0. The Morgan fingerprint density at radius 1 is 1.40 bits per heavy atom. The molecule has 0 spiro atoms. The maximum atomic E-state index is 3.51. The van der Waals surface area contributed by atoms with Gasteiger partial charge in [-0.3, -0.25) is 0 Å². The van der Waals surface area contributed by atoms with Gasteiger partial charge in [0, 0.05) is 19.6 Å². The van der Waals surface area contributed by atoms with Crippen molar-refractivity contribution >= 4 is 11.4 Å². The van der Waals surface area contributed by atoms with Gasteiger partial charge in [0.2, 0.25) is 0 Å². The van der Waals surface area contributed by atoms with Crippen molar-refractivity contribution in [1.29, 1.82) is 0 Å². The molecule has 1 aliphatic heterocycles. The molecule has 1 heterocycles. The molecule has 2 nitrogen and oxygen atoms in total. The number of fused-ring (bicyclic) bond motifs is 1. The van der Waals surface area contributed by atoms with Gasteiger partial charge in [0.25, 0.3) is 0 Å². The van der Waals surface area contributed by atoms with Crippen LogP contribution in [0.5, 0.6) is 0 Å². The Morgan fingerprint density at radius 3 is 2.80 bits per heavy atom. The maximum absolute atomic E-state index is 3.51. The largest absolute Gasteiger partial charge is 0.379 e. The van der Waals surface area contributed by atoms with E-state index in [1.165, 1.54) is 16.9 Å². The van der Waals surface area contributed by atoms with E-state index in [1.54, 1.807) is 0 Å². The summed E-state index contributed by atoms with van der Waals surface area (Å²) >= 11 is 0. The molecule has 2 heteroatoms. The second-order valence-corrected chi connectivity index (χ2v) is 4.86. The molecule has 1 N–H and O–H groups in total. The number of anilines is 2. The van der Waals surface area contributed by atoms with Crippen LogP contribution in [0.4, 0.5) is 11.4 Å². The van der Waals surface area contributed by atoms with E-state index in [1.807, 2.05) is 0 Å². The van der Waals surface area contributed by atoms with Crippen LogP contribution in [0.3, 0.4) is 0 Å². The van der Waals surface area contributed by atoms with Gasteiger partial charge in [0.1, 0.15) is 0 Å². The van der Waals surface area contributed by atoms with Crippen LogP contribution in [0.15, 0.2) is 18.2 Å². The zero-order valence-corrected chi connectivity index (χ0v) is 10.0. The molecular formula is C13H20N2. The number of benzene rings is 1. The van der Waals surface area contributed by atoms with Crippen molar-refractivity contribution in [1.82, 2.24) is 0 Å². The van der Waals surface area contributed by atoms with E-state index in [0.717, 1.165) is 6.54 Å². The first-order chi connectivity index (χ1) is 7.08. The Morgan fingerprint density at radius 2 is 2.13 bits per heavy atom. The molecular weight excluding hydrogens is 184 g/mol. The van der Waals surface area contributed by atoms with Crippen LogP contribution < -0.4 is 10.2 Å². The van der Waals surface area contributed by atoms with E-state index in [9.17, 15) is 0 Å². The predicted octanol–water partition coefficient (Wildman–Crippen LogP) is 3.06. The Balaban J connectivity index is 2.39. The Bertz CT molecular complexity index is 358. The quantitative estimate of drug-likeness (QED) is 0.756. The summed E-state index contributed by atoms with van der Waals surface area (Å²) in [5.74, 6) is 0.600. The molecule has 2 rings (SSSR count). The number of likely N-dealkylation sites (N-methyl/N-ethyl adjacent to an activating group) is 1. The highest BCUT2D eigenvalue weighted by Gasteiger charge is 2.18. The van der Waals surface area contributed by atoms with E-state index >= 15 is 0 Å². The van der Waals surface area contributed by atoms with Crippen LogP contribution in [0, 0.1) is 0 Å². The number of hydrogen-bond donors (Lipinski definition) is 1. The topological polar surface area (TPSA) is 15.3 Å². The Labute approximate surface area is 92.3 Å². The first-order valence-corrected chi connectivity index (χ1v) is 5.69. The SMILES string of the molecule is CC1CN(C)c2cc(C(C)C)ccc2N1. The summed E-state index contributed by atoms with van der Waals surface area (Å²) in [6.45, 7) is 7.77.